The van der Waals surface area contributed by atoms with Crippen molar-refractivity contribution in [1.82, 2.24) is 5.32 Å². The molecule has 1 atom stereocenters. The monoisotopic (exact) mass is 279 g/mol. The molecule has 1 fully saturated rings. The number of hydrogen-bond acceptors (Lipinski definition) is 2. The van der Waals surface area contributed by atoms with E-state index < -0.39 is 6.10 Å². The van der Waals surface area contributed by atoms with Gasteiger partial charge in [0, 0.05) is 5.02 Å². The van der Waals surface area contributed by atoms with E-state index >= 15 is 0 Å². The second kappa shape index (κ2) is 5.76. The van der Waals surface area contributed by atoms with E-state index in [1.165, 1.54) is 0 Å². The van der Waals surface area contributed by atoms with E-state index in [4.69, 9.17) is 16.3 Å². The zero-order valence-electron chi connectivity index (χ0n) is 11.0. The minimum absolute atomic E-state index is 0.0978. The van der Waals surface area contributed by atoms with Gasteiger partial charge in [-0.15, -0.1) is 6.58 Å². The van der Waals surface area contributed by atoms with Crippen molar-refractivity contribution in [3.63, 3.8) is 0 Å². The normalized spacial score (nSPS) is 17.6. The Labute approximate surface area is 118 Å². The summed E-state index contributed by atoms with van der Waals surface area (Å²) in [4.78, 5) is 12.1. The molecule has 0 bridgehead atoms. The van der Waals surface area contributed by atoms with Gasteiger partial charge in [0.25, 0.3) is 0 Å². The molecular weight excluding hydrogens is 262 g/mol. The Hall–Kier alpha value is -1.32. The van der Waals surface area contributed by atoms with Crippen molar-refractivity contribution in [2.24, 2.45) is 0 Å². The predicted octanol–water partition coefficient (Wildman–Crippen LogP) is 3.04. The lowest BCUT2D eigenvalue weighted by molar-refractivity contribution is -0.132. The molecule has 1 N–H and O–H groups in total. The summed E-state index contributed by atoms with van der Waals surface area (Å²) in [7, 11) is 0. The highest BCUT2D eigenvalue weighted by Gasteiger charge is 2.46. The second-order valence-corrected chi connectivity index (χ2v) is 5.28. The average molecular weight is 280 g/mol. The van der Waals surface area contributed by atoms with Gasteiger partial charge in [0.1, 0.15) is 6.10 Å². The van der Waals surface area contributed by atoms with Crippen molar-refractivity contribution in [1.29, 1.82) is 0 Å². The minimum atomic E-state index is -0.477. The lowest BCUT2D eigenvalue weighted by Gasteiger charge is -2.21. The van der Waals surface area contributed by atoms with Crippen molar-refractivity contribution in [2.75, 3.05) is 6.61 Å². The number of carbonyl (C=O) groups excluding carboxylic acids is 1. The Bertz CT molecular complexity index is 483. The van der Waals surface area contributed by atoms with Crippen LogP contribution in [0.2, 0.25) is 5.02 Å². The Balaban J connectivity index is 2.02. The second-order valence-electron chi connectivity index (χ2n) is 4.85. The first kappa shape index (κ1) is 14.1. The first-order valence-electron chi connectivity index (χ1n) is 6.38. The van der Waals surface area contributed by atoms with Crippen LogP contribution in [0.3, 0.4) is 0 Å². The van der Waals surface area contributed by atoms with Gasteiger partial charge in [-0.05, 0) is 37.5 Å². The summed E-state index contributed by atoms with van der Waals surface area (Å²) >= 11 is 6.00. The highest BCUT2D eigenvalue weighted by molar-refractivity contribution is 6.30. The molecule has 4 heteroatoms. The smallest absolute Gasteiger partial charge is 0.249 e. The van der Waals surface area contributed by atoms with Gasteiger partial charge in [0.15, 0.2) is 0 Å². The van der Waals surface area contributed by atoms with E-state index in [1.54, 1.807) is 13.0 Å². The summed E-state index contributed by atoms with van der Waals surface area (Å²) < 4.78 is 5.33. The molecule has 1 unspecified atom stereocenters. The predicted molar refractivity (Wildman–Crippen MR) is 76.1 cm³/mol. The van der Waals surface area contributed by atoms with E-state index in [2.05, 4.69) is 11.9 Å². The Morgan fingerprint density at radius 2 is 2.37 bits per heavy atom. The number of amides is 1. The van der Waals surface area contributed by atoms with Gasteiger partial charge in [-0.1, -0.05) is 29.8 Å². The molecule has 1 aliphatic rings. The number of nitrogens with one attached hydrogen (secondary N) is 1. The molecule has 19 heavy (non-hydrogen) atoms. The molecule has 1 aromatic carbocycles. The highest BCUT2D eigenvalue weighted by Crippen LogP contribution is 2.46. The molecule has 1 aliphatic carbocycles. The Kier molecular flexibility index (Phi) is 4.27. The van der Waals surface area contributed by atoms with E-state index in [1.807, 2.05) is 24.3 Å². The van der Waals surface area contributed by atoms with E-state index in [-0.39, 0.29) is 11.4 Å². The summed E-state index contributed by atoms with van der Waals surface area (Å²) in [5.74, 6) is -0.0978. The molecule has 0 aliphatic heterocycles. The number of benzene rings is 1. The number of carbonyl (C=O) groups is 1. The molecule has 102 valence electrons. The van der Waals surface area contributed by atoms with Crippen molar-refractivity contribution in [3.05, 3.63) is 47.5 Å². The molecule has 1 aromatic rings. The van der Waals surface area contributed by atoms with E-state index in [9.17, 15) is 4.79 Å². The van der Waals surface area contributed by atoms with Gasteiger partial charge in [0.05, 0.1) is 12.1 Å². The van der Waals surface area contributed by atoms with Gasteiger partial charge in [0.2, 0.25) is 5.91 Å². The van der Waals surface area contributed by atoms with E-state index in [0.29, 0.717) is 11.6 Å². The van der Waals surface area contributed by atoms with Crippen LogP contribution in [0.5, 0.6) is 0 Å². The number of rotatable bonds is 6. The fraction of sp³-hybridized carbons (Fsp3) is 0.400. The zero-order chi connectivity index (χ0) is 13.9. The lowest BCUT2D eigenvalue weighted by Crippen LogP contribution is -2.41. The van der Waals surface area contributed by atoms with Gasteiger partial charge >= 0.3 is 0 Å². The van der Waals surface area contributed by atoms with Crippen LogP contribution in [0.4, 0.5) is 0 Å². The largest absolute Gasteiger partial charge is 0.365 e. The fourth-order valence-electron chi connectivity index (χ4n) is 2.02. The molecule has 0 radical (unpaired) electrons. The quantitative estimate of drug-likeness (QED) is 0.813. The molecule has 2 rings (SSSR count). The van der Waals surface area contributed by atoms with Crippen LogP contribution < -0.4 is 5.32 Å². The van der Waals surface area contributed by atoms with Crippen molar-refractivity contribution in [2.45, 2.75) is 31.4 Å². The Morgan fingerprint density at radius 3 is 2.95 bits per heavy atom. The Morgan fingerprint density at radius 1 is 1.63 bits per heavy atom. The first-order valence-corrected chi connectivity index (χ1v) is 6.76. The molecular formula is C15H18ClNO2. The minimum Gasteiger partial charge on any atom is -0.365 e. The fourth-order valence-corrected chi connectivity index (χ4v) is 2.21. The van der Waals surface area contributed by atoms with Crippen LogP contribution in [0.25, 0.3) is 0 Å². The molecule has 0 heterocycles. The first-order chi connectivity index (χ1) is 9.07. The average Bonchev–Trinajstić information content (AvgIpc) is 3.16. The van der Waals surface area contributed by atoms with Crippen molar-refractivity contribution in [3.8, 4) is 0 Å². The molecule has 1 saturated carbocycles. The van der Waals surface area contributed by atoms with Crippen molar-refractivity contribution >= 4 is 17.5 Å². The molecule has 0 saturated heterocycles. The highest BCUT2D eigenvalue weighted by atomic mass is 35.5. The summed E-state index contributed by atoms with van der Waals surface area (Å²) in [6.45, 7) is 5.68. The third kappa shape index (κ3) is 3.37. The number of halogens is 1. The SMILES string of the molecule is C=CCOC(C)C(=O)NC1(c2cccc(Cl)c2)CC1. The van der Waals surface area contributed by atoms with Crippen LogP contribution in [-0.2, 0) is 15.1 Å². The van der Waals surface area contributed by atoms with Gasteiger partial charge in [-0.2, -0.15) is 0 Å². The number of hydrogen-bond donors (Lipinski definition) is 1. The molecule has 0 spiro atoms. The van der Waals surface area contributed by atoms with Crippen LogP contribution in [0.1, 0.15) is 25.3 Å². The molecule has 1 amide bonds. The topological polar surface area (TPSA) is 38.3 Å². The third-order valence-electron chi connectivity index (χ3n) is 3.32. The molecule has 3 nitrogen and oxygen atoms in total. The zero-order valence-corrected chi connectivity index (χ0v) is 11.7. The maximum atomic E-state index is 12.1. The van der Waals surface area contributed by atoms with Crippen LogP contribution >= 0.6 is 11.6 Å². The van der Waals surface area contributed by atoms with Crippen molar-refractivity contribution < 1.29 is 9.53 Å². The number of ether oxygens (including phenoxy) is 1. The standard InChI is InChI=1S/C15H18ClNO2/c1-3-9-19-11(2)14(18)17-15(7-8-15)12-5-4-6-13(16)10-12/h3-6,10-11H,1,7-9H2,2H3,(H,17,18). The maximum Gasteiger partial charge on any atom is 0.249 e. The summed E-state index contributed by atoms with van der Waals surface area (Å²) in [6, 6.07) is 7.64. The summed E-state index contributed by atoms with van der Waals surface area (Å²) in [5, 5.41) is 3.75. The lowest BCUT2D eigenvalue weighted by atomic mass is 10.0. The maximum absolute atomic E-state index is 12.1. The van der Waals surface area contributed by atoms with Crippen LogP contribution in [0, 0.1) is 0 Å². The molecule has 0 aromatic heterocycles. The summed E-state index contributed by atoms with van der Waals surface area (Å²) in [6.07, 6.45) is 3.03. The van der Waals surface area contributed by atoms with Crippen LogP contribution in [-0.4, -0.2) is 18.6 Å². The summed E-state index contributed by atoms with van der Waals surface area (Å²) in [5.41, 5.74) is 0.803. The van der Waals surface area contributed by atoms with Gasteiger partial charge in [-0.25, -0.2) is 0 Å². The third-order valence-corrected chi connectivity index (χ3v) is 3.56. The van der Waals surface area contributed by atoms with E-state index in [0.717, 1.165) is 18.4 Å². The van der Waals surface area contributed by atoms with Gasteiger partial charge < -0.3 is 10.1 Å². The van der Waals surface area contributed by atoms with Gasteiger partial charge in [-0.3, -0.25) is 4.79 Å². The van der Waals surface area contributed by atoms with Crippen LogP contribution in [0.15, 0.2) is 36.9 Å².